The molecule has 0 aromatic carbocycles. The van der Waals surface area contributed by atoms with Crippen molar-refractivity contribution in [1.29, 1.82) is 5.26 Å². The van der Waals surface area contributed by atoms with Crippen LogP contribution in [0.5, 0.6) is 0 Å². The van der Waals surface area contributed by atoms with Crippen LogP contribution in [0.4, 0.5) is 0 Å². The first-order valence-corrected chi connectivity index (χ1v) is 8.88. The van der Waals surface area contributed by atoms with Crippen LogP contribution in [0, 0.1) is 11.3 Å². The van der Waals surface area contributed by atoms with Crippen LogP contribution in [-0.2, 0) is 4.79 Å². The van der Waals surface area contributed by atoms with E-state index in [-0.39, 0.29) is 17.5 Å². The quantitative estimate of drug-likeness (QED) is 0.521. The highest BCUT2D eigenvalue weighted by atomic mass is 16.1. The fourth-order valence-electron chi connectivity index (χ4n) is 2.79. The molecule has 0 spiro atoms. The Kier molecular flexibility index (Phi) is 9.37. The van der Waals surface area contributed by atoms with Crippen LogP contribution in [0.25, 0.3) is 0 Å². The normalized spacial score (nSPS) is 16.1. The predicted molar refractivity (Wildman–Crippen MR) is 90.1 cm³/mol. The summed E-state index contributed by atoms with van der Waals surface area (Å²) in [4.78, 5) is 14.4. The molecule has 124 valence electrons. The van der Waals surface area contributed by atoms with Crippen LogP contribution in [0.2, 0.25) is 0 Å². The number of rotatable bonds is 9. The van der Waals surface area contributed by atoms with Gasteiger partial charge < -0.3 is 10.2 Å². The van der Waals surface area contributed by atoms with E-state index in [0.29, 0.717) is 0 Å². The molecule has 1 saturated carbocycles. The summed E-state index contributed by atoms with van der Waals surface area (Å²) in [6.45, 7) is 6.14. The Morgan fingerprint density at radius 1 is 1.18 bits per heavy atom. The second-order valence-corrected chi connectivity index (χ2v) is 6.21. The van der Waals surface area contributed by atoms with Gasteiger partial charge in [0.25, 0.3) is 5.91 Å². The topological polar surface area (TPSA) is 56.1 Å². The monoisotopic (exact) mass is 305 g/mol. The summed E-state index contributed by atoms with van der Waals surface area (Å²) in [5.41, 5.74) is 0.248. The van der Waals surface area contributed by atoms with Crippen LogP contribution in [0.3, 0.4) is 0 Å². The molecule has 4 heteroatoms. The number of carbonyl (C=O) groups excluding carboxylic acids is 1. The van der Waals surface area contributed by atoms with Crippen molar-refractivity contribution in [1.82, 2.24) is 10.2 Å². The number of carbonyl (C=O) groups is 1. The maximum Gasteiger partial charge on any atom is 0.263 e. The SMILES string of the molecule is CCCCN(/C=C(/C#N)C(=O)NC1CCCCC1)CCCC. The van der Waals surface area contributed by atoms with Crippen LogP contribution < -0.4 is 5.32 Å². The summed E-state index contributed by atoms with van der Waals surface area (Å²) < 4.78 is 0. The third-order valence-electron chi connectivity index (χ3n) is 4.21. The lowest BCUT2D eigenvalue weighted by Crippen LogP contribution is -2.37. The van der Waals surface area contributed by atoms with E-state index in [2.05, 4.69) is 30.1 Å². The van der Waals surface area contributed by atoms with E-state index in [1.807, 2.05) is 0 Å². The number of hydrogen-bond acceptors (Lipinski definition) is 3. The number of nitrogens with one attached hydrogen (secondary N) is 1. The molecule has 1 rings (SSSR count). The van der Waals surface area contributed by atoms with E-state index >= 15 is 0 Å². The van der Waals surface area contributed by atoms with Gasteiger partial charge in [-0.05, 0) is 25.7 Å². The van der Waals surface area contributed by atoms with Crippen molar-refractivity contribution < 1.29 is 4.79 Å². The van der Waals surface area contributed by atoms with E-state index in [1.54, 1.807) is 6.20 Å². The molecular formula is C18H31N3O. The predicted octanol–water partition coefficient (Wildman–Crippen LogP) is 3.74. The molecule has 0 radical (unpaired) electrons. The van der Waals surface area contributed by atoms with Crippen molar-refractivity contribution >= 4 is 5.91 Å². The second-order valence-electron chi connectivity index (χ2n) is 6.21. The third-order valence-corrected chi connectivity index (χ3v) is 4.21. The molecule has 1 amide bonds. The van der Waals surface area contributed by atoms with E-state index in [0.717, 1.165) is 51.6 Å². The van der Waals surface area contributed by atoms with Crippen molar-refractivity contribution in [2.45, 2.75) is 77.7 Å². The highest BCUT2D eigenvalue weighted by Gasteiger charge is 2.18. The summed E-state index contributed by atoms with van der Waals surface area (Å²) in [7, 11) is 0. The molecule has 0 saturated heterocycles. The van der Waals surface area contributed by atoms with Gasteiger partial charge in [-0.15, -0.1) is 0 Å². The summed E-state index contributed by atoms with van der Waals surface area (Å²) in [6, 6.07) is 2.33. The van der Waals surface area contributed by atoms with Gasteiger partial charge in [-0.1, -0.05) is 46.0 Å². The Hall–Kier alpha value is -1.50. The van der Waals surface area contributed by atoms with Gasteiger partial charge in [0, 0.05) is 25.3 Å². The molecule has 22 heavy (non-hydrogen) atoms. The Morgan fingerprint density at radius 2 is 1.77 bits per heavy atom. The van der Waals surface area contributed by atoms with Gasteiger partial charge in [0.05, 0.1) is 0 Å². The first-order chi connectivity index (χ1) is 10.7. The molecule has 0 unspecified atom stereocenters. The maximum absolute atomic E-state index is 12.3. The number of nitrogens with zero attached hydrogens (tertiary/aromatic N) is 2. The zero-order chi connectivity index (χ0) is 16.2. The first kappa shape index (κ1) is 18.5. The number of unbranched alkanes of at least 4 members (excludes halogenated alkanes) is 2. The zero-order valence-electron chi connectivity index (χ0n) is 14.2. The minimum absolute atomic E-state index is 0.201. The highest BCUT2D eigenvalue weighted by molar-refractivity contribution is 5.97. The van der Waals surface area contributed by atoms with Gasteiger partial charge in [0.15, 0.2) is 0 Å². The highest BCUT2D eigenvalue weighted by Crippen LogP contribution is 2.17. The first-order valence-electron chi connectivity index (χ1n) is 8.88. The van der Waals surface area contributed by atoms with Gasteiger partial charge in [-0.2, -0.15) is 5.26 Å². The van der Waals surface area contributed by atoms with E-state index in [9.17, 15) is 10.1 Å². The summed E-state index contributed by atoms with van der Waals surface area (Å²) in [6.07, 6.45) is 11.9. The molecule has 4 nitrogen and oxygen atoms in total. The van der Waals surface area contributed by atoms with Crippen molar-refractivity contribution in [2.24, 2.45) is 0 Å². The lowest BCUT2D eigenvalue weighted by atomic mass is 9.95. The van der Waals surface area contributed by atoms with Crippen LogP contribution in [-0.4, -0.2) is 29.9 Å². The molecule has 0 aliphatic heterocycles. The lowest BCUT2D eigenvalue weighted by molar-refractivity contribution is -0.118. The molecular weight excluding hydrogens is 274 g/mol. The summed E-state index contributed by atoms with van der Waals surface area (Å²) in [5.74, 6) is -0.201. The smallest absolute Gasteiger partial charge is 0.263 e. The average molecular weight is 305 g/mol. The van der Waals surface area contributed by atoms with Crippen molar-refractivity contribution in [2.75, 3.05) is 13.1 Å². The van der Waals surface area contributed by atoms with Gasteiger partial charge in [-0.25, -0.2) is 0 Å². The molecule has 0 aromatic rings. The number of amides is 1. The molecule has 0 atom stereocenters. The Balaban J connectivity index is 2.62. The molecule has 0 aromatic heterocycles. The number of nitriles is 1. The Labute approximate surface area is 135 Å². The third kappa shape index (κ3) is 6.98. The van der Waals surface area contributed by atoms with Gasteiger partial charge in [-0.3, -0.25) is 4.79 Å². The largest absolute Gasteiger partial charge is 0.376 e. The van der Waals surface area contributed by atoms with Gasteiger partial charge >= 0.3 is 0 Å². The maximum atomic E-state index is 12.3. The van der Waals surface area contributed by atoms with Crippen molar-refractivity contribution in [3.05, 3.63) is 11.8 Å². The van der Waals surface area contributed by atoms with E-state index in [4.69, 9.17) is 0 Å². The fourth-order valence-corrected chi connectivity index (χ4v) is 2.79. The zero-order valence-corrected chi connectivity index (χ0v) is 14.2. The minimum Gasteiger partial charge on any atom is -0.376 e. The fraction of sp³-hybridized carbons (Fsp3) is 0.778. The van der Waals surface area contributed by atoms with E-state index in [1.165, 1.54) is 19.3 Å². The van der Waals surface area contributed by atoms with Gasteiger partial charge in [0.1, 0.15) is 11.6 Å². The molecule has 0 heterocycles. The molecule has 1 aliphatic rings. The minimum atomic E-state index is -0.201. The van der Waals surface area contributed by atoms with E-state index < -0.39 is 0 Å². The standard InChI is InChI=1S/C18H31N3O/c1-3-5-12-21(13-6-4-2)15-16(14-19)18(22)20-17-10-8-7-9-11-17/h15,17H,3-13H2,1-2H3,(H,20,22)/b16-15-. The molecule has 1 aliphatic carbocycles. The van der Waals surface area contributed by atoms with Gasteiger partial charge in [0.2, 0.25) is 0 Å². The lowest BCUT2D eigenvalue weighted by Gasteiger charge is -2.23. The summed E-state index contributed by atoms with van der Waals surface area (Å²) >= 11 is 0. The second kappa shape index (κ2) is 11.1. The summed E-state index contributed by atoms with van der Waals surface area (Å²) in [5, 5.41) is 12.4. The van der Waals surface area contributed by atoms with Crippen molar-refractivity contribution in [3.63, 3.8) is 0 Å². The molecule has 1 fully saturated rings. The van der Waals surface area contributed by atoms with Crippen LogP contribution >= 0.6 is 0 Å². The number of hydrogen-bond donors (Lipinski definition) is 1. The molecule has 1 N–H and O–H groups in total. The molecule has 0 bridgehead atoms. The van der Waals surface area contributed by atoms with Crippen LogP contribution in [0.15, 0.2) is 11.8 Å². The van der Waals surface area contributed by atoms with Crippen molar-refractivity contribution in [3.8, 4) is 6.07 Å². The average Bonchev–Trinajstić information content (AvgIpc) is 2.55. The Bertz CT molecular complexity index is 384. The van der Waals surface area contributed by atoms with Crippen LogP contribution in [0.1, 0.15) is 71.6 Å². The Morgan fingerprint density at radius 3 is 2.27 bits per heavy atom.